The Morgan fingerprint density at radius 1 is 1.29 bits per heavy atom. The van der Waals surface area contributed by atoms with Crippen LogP contribution in [0.25, 0.3) is 0 Å². The van der Waals surface area contributed by atoms with E-state index in [9.17, 15) is 4.39 Å². The maximum atomic E-state index is 13.6. The Morgan fingerprint density at radius 2 is 2.05 bits per heavy atom. The summed E-state index contributed by atoms with van der Waals surface area (Å²) in [5.74, 6) is -0.387. The van der Waals surface area contributed by atoms with Gasteiger partial charge >= 0.3 is 6.01 Å². The summed E-state index contributed by atoms with van der Waals surface area (Å²) in [5.41, 5.74) is 0.910. The molecule has 0 aliphatic rings. The number of nitrogens with zero attached hydrogens (tertiary/aromatic N) is 2. The summed E-state index contributed by atoms with van der Waals surface area (Å²) >= 11 is 3.26. The Morgan fingerprint density at radius 3 is 2.76 bits per heavy atom. The van der Waals surface area contributed by atoms with Crippen molar-refractivity contribution in [3.63, 3.8) is 0 Å². The van der Waals surface area contributed by atoms with Crippen LogP contribution in [0.1, 0.15) is 5.56 Å². The first-order valence-electron chi connectivity index (χ1n) is 6.32. The quantitative estimate of drug-likeness (QED) is 0.774. The van der Waals surface area contributed by atoms with Crippen LogP contribution in [0, 0.1) is 5.82 Å². The second kappa shape index (κ2) is 8.02. The van der Waals surface area contributed by atoms with Crippen LogP contribution in [0.3, 0.4) is 0 Å². The van der Waals surface area contributed by atoms with Crippen molar-refractivity contribution in [2.75, 3.05) is 20.3 Å². The van der Waals surface area contributed by atoms with Gasteiger partial charge < -0.3 is 14.8 Å². The van der Waals surface area contributed by atoms with Gasteiger partial charge in [-0.2, -0.15) is 0 Å². The van der Waals surface area contributed by atoms with Gasteiger partial charge in [-0.15, -0.1) is 0 Å². The van der Waals surface area contributed by atoms with Crippen LogP contribution in [0.4, 0.5) is 4.39 Å². The molecule has 0 saturated carbocycles. The van der Waals surface area contributed by atoms with Crippen molar-refractivity contribution in [3.8, 4) is 11.8 Å². The van der Waals surface area contributed by atoms with Gasteiger partial charge in [0.15, 0.2) is 11.6 Å². The molecule has 0 fully saturated rings. The lowest BCUT2D eigenvalue weighted by Crippen LogP contribution is -2.18. The highest BCUT2D eigenvalue weighted by Gasteiger charge is 2.07. The zero-order valence-corrected chi connectivity index (χ0v) is 13.1. The SMILES string of the molecule is COCCNCc1cnc(Oc2cc(Br)ccc2F)nc1. The van der Waals surface area contributed by atoms with Gasteiger partial charge in [-0.1, -0.05) is 15.9 Å². The molecule has 0 aliphatic heterocycles. The highest BCUT2D eigenvalue weighted by Crippen LogP contribution is 2.25. The van der Waals surface area contributed by atoms with Crippen LogP contribution in [0.15, 0.2) is 35.1 Å². The molecule has 0 saturated heterocycles. The van der Waals surface area contributed by atoms with Crippen molar-refractivity contribution in [1.82, 2.24) is 15.3 Å². The van der Waals surface area contributed by atoms with Crippen LogP contribution in [-0.2, 0) is 11.3 Å². The van der Waals surface area contributed by atoms with Gasteiger partial charge in [-0.3, -0.25) is 0 Å². The van der Waals surface area contributed by atoms with Crippen LogP contribution < -0.4 is 10.1 Å². The second-order valence-corrected chi connectivity index (χ2v) is 5.14. The first kappa shape index (κ1) is 15.8. The number of methoxy groups -OCH3 is 1. The van der Waals surface area contributed by atoms with Crippen molar-refractivity contribution >= 4 is 15.9 Å². The summed E-state index contributed by atoms with van der Waals surface area (Å²) < 4.78 is 24.5. The molecule has 0 amide bonds. The van der Waals surface area contributed by atoms with E-state index in [1.165, 1.54) is 12.1 Å². The smallest absolute Gasteiger partial charge is 0.321 e. The van der Waals surface area contributed by atoms with Crippen LogP contribution in [-0.4, -0.2) is 30.2 Å². The fourth-order valence-corrected chi connectivity index (χ4v) is 1.89. The lowest BCUT2D eigenvalue weighted by atomic mass is 10.3. The Hall–Kier alpha value is -1.57. The van der Waals surface area contributed by atoms with E-state index in [-0.39, 0.29) is 11.8 Å². The lowest BCUT2D eigenvalue weighted by Gasteiger charge is -2.07. The molecule has 0 spiro atoms. The first-order valence-corrected chi connectivity index (χ1v) is 7.12. The minimum Gasteiger partial charge on any atom is -0.421 e. The molecule has 0 atom stereocenters. The van der Waals surface area contributed by atoms with Gasteiger partial charge in [0.1, 0.15) is 0 Å². The molecule has 2 aromatic rings. The molecule has 21 heavy (non-hydrogen) atoms. The van der Waals surface area contributed by atoms with E-state index in [2.05, 4.69) is 31.2 Å². The van der Waals surface area contributed by atoms with Gasteiger partial charge in [0.05, 0.1) is 6.61 Å². The predicted octanol–water partition coefficient (Wildman–Crippen LogP) is 2.91. The average Bonchev–Trinajstić information content (AvgIpc) is 2.49. The van der Waals surface area contributed by atoms with Crippen molar-refractivity contribution < 1.29 is 13.9 Å². The second-order valence-electron chi connectivity index (χ2n) is 4.22. The minimum absolute atomic E-state index is 0.0790. The maximum Gasteiger partial charge on any atom is 0.321 e. The van der Waals surface area contributed by atoms with E-state index in [0.717, 1.165) is 16.6 Å². The minimum atomic E-state index is -0.466. The molecule has 7 heteroatoms. The van der Waals surface area contributed by atoms with Crippen molar-refractivity contribution in [3.05, 3.63) is 46.4 Å². The number of hydrogen-bond acceptors (Lipinski definition) is 5. The fraction of sp³-hybridized carbons (Fsp3) is 0.286. The zero-order chi connectivity index (χ0) is 15.1. The number of nitrogens with one attached hydrogen (secondary N) is 1. The molecule has 1 aromatic heterocycles. The van der Waals surface area contributed by atoms with Crippen LogP contribution >= 0.6 is 15.9 Å². The van der Waals surface area contributed by atoms with E-state index in [1.807, 2.05) is 0 Å². The summed E-state index contributed by atoms with van der Waals surface area (Å²) in [6.45, 7) is 2.02. The molecule has 0 radical (unpaired) electrons. The van der Waals surface area contributed by atoms with Crippen molar-refractivity contribution in [2.45, 2.75) is 6.54 Å². The first-order chi connectivity index (χ1) is 10.2. The standard InChI is InChI=1S/C14H15BrFN3O2/c1-20-5-4-17-7-10-8-18-14(19-9-10)21-13-6-11(15)2-3-12(13)16/h2-3,6,8-9,17H,4-5,7H2,1H3. The molecule has 0 unspecified atom stereocenters. The molecule has 112 valence electrons. The summed E-state index contributed by atoms with van der Waals surface area (Å²) in [6.07, 6.45) is 3.27. The number of aromatic nitrogens is 2. The van der Waals surface area contributed by atoms with Gasteiger partial charge in [0.25, 0.3) is 0 Å². The van der Waals surface area contributed by atoms with Crippen LogP contribution in [0.2, 0.25) is 0 Å². The molecule has 1 aromatic carbocycles. The Bertz CT molecular complexity index is 581. The van der Waals surface area contributed by atoms with E-state index in [0.29, 0.717) is 13.2 Å². The van der Waals surface area contributed by atoms with Gasteiger partial charge in [-0.05, 0) is 18.2 Å². The highest BCUT2D eigenvalue weighted by molar-refractivity contribution is 9.10. The maximum absolute atomic E-state index is 13.6. The summed E-state index contributed by atoms with van der Waals surface area (Å²) in [5, 5.41) is 3.18. The number of benzene rings is 1. The Kier molecular flexibility index (Phi) is 6.04. The van der Waals surface area contributed by atoms with E-state index >= 15 is 0 Å². The summed E-state index contributed by atoms with van der Waals surface area (Å²) in [4.78, 5) is 8.11. The van der Waals surface area contributed by atoms with E-state index < -0.39 is 5.82 Å². The highest BCUT2D eigenvalue weighted by atomic mass is 79.9. The number of rotatable bonds is 7. The summed E-state index contributed by atoms with van der Waals surface area (Å²) in [7, 11) is 1.65. The molecule has 0 aliphatic carbocycles. The van der Waals surface area contributed by atoms with E-state index in [4.69, 9.17) is 9.47 Å². The number of halogens is 2. The molecular formula is C14H15BrFN3O2. The predicted molar refractivity (Wildman–Crippen MR) is 79.8 cm³/mol. The molecule has 5 nitrogen and oxygen atoms in total. The number of ether oxygens (including phenoxy) is 2. The van der Waals surface area contributed by atoms with Crippen molar-refractivity contribution in [1.29, 1.82) is 0 Å². The third kappa shape index (κ3) is 5.04. The van der Waals surface area contributed by atoms with Crippen molar-refractivity contribution in [2.24, 2.45) is 0 Å². The average molecular weight is 356 g/mol. The largest absolute Gasteiger partial charge is 0.421 e. The fourth-order valence-electron chi connectivity index (χ4n) is 1.55. The molecule has 0 bridgehead atoms. The summed E-state index contributed by atoms with van der Waals surface area (Å²) in [6, 6.07) is 4.54. The molecular weight excluding hydrogens is 341 g/mol. The molecule has 1 heterocycles. The zero-order valence-electron chi connectivity index (χ0n) is 11.5. The Labute approximate surface area is 130 Å². The van der Waals surface area contributed by atoms with Gasteiger partial charge in [0, 0.05) is 42.6 Å². The Balaban J connectivity index is 1.94. The molecule has 1 N–H and O–H groups in total. The monoisotopic (exact) mass is 355 g/mol. The van der Waals surface area contributed by atoms with Gasteiger partial charge in [-0.25, -0.2) is 14.4 Å². The number of hydrogen-bond donors (Lipinski definition) is 1. The third-order valence-corrected chi connectivity index (χ3v) is 3.08. The van der Waals surface area contributed by atoms with Crippen LogP contribution in [0.5, 0.6) is 11.8 Å². The topological polar surface area (TPSA) is 56.3 Å². The molecule has 2 rings (SSSR count). The lowest BCUT2D eigenvalue weighted by molar-refractivity contribution is 0.199. The third-order valence-electron chi connectivity index (χ3n) is 2.59. The van der Waals surface area contributed by atoms with E-state index in [1.54, 1.807) is 25.6 Å². The normalized spacial score (nSPS) is 10.6. The van der Waals surface area contributed by atoms with Gasteiger partial charge in [0.2, 0.25) is 0 Å².